The summed E-state index contributed by atoms with van der Waals surface area (Å²) < 4.78 is 0.856. The number of rotatable bonds is 6. The molecule has 0 saturated carbocycles. The Kier molecular flexibility index (Phi) is 6.48. The largest absolute Gasteiger partial charge is 0.238 e. The number of hydrogen-bond donors (Lipinski definition) is 0. The number of nitrogens with zero attached hydrogens (tertiary/aromatic N) is 4. The lowest BCUT2D eigenvalue weighted by atomic mass is 10.1. The van der Waals surface area contributed by atoms with E-state index in [0.29, 0.717) is 21.4 Å². The van der Waals surface area contributed by atoms with Gasteiger partial charge in [-0.25, -0.2) is 15.0 Å². The van der Waals surface area contributed by atoms with E-state index in [1.54, 1.807) is 18.0 Å². The van der Waals surface area contributed by atoms with E-state index < -0.39 is 0 Å². The zero-order valence-corrected chi connectivity index (χ0v) is 18.9. The highest BCUT2D eigenvalue weighted by atomic mass is 32.2. The SMILES string of the molecule is Cc1ccc(CSc2nc(Sc3nccs3)c(C#N)c(-c3cccc(C)c3)n2)cc1. The summed E-state index contributed by atoms with van der Waals surface area (Å²) in [5.41, 5.74) is 5.65. The molecule has 0 aliphatic carbocycles. The average molecular weight is 447 g/mol. The Bertz CT molecular complexity index is 1200. The molecule has 4 nitrogen and oxygen atoms in total. The van der Waals surface area contributed by atoms with Gasteiger partial charge < -0.3 is 0 Å². The molecule has 4 aromatic rings. The molecule has 30 heavy (non-hydrogen) atoms. The number of thiazole rings is 1. The summed E-state index contributed by atoms with van der Waals surface area (Å²) >= 11 is 4.53. The average Bonchev–Trinajstić information content (AvgIpc) is 3.26. The molecule has 148 valence electrons. The molecule has 0 aliphatic heterocycles. The van der Waals surface area contributed by atoms with E-state index in [-0.39, 0.29) is 0 Å². The summed E-state index contributed by atoms with van der Waals surface area (Å²) in [6.07, 6.45) is 1.76. The summed E-state index contributed by atoms with van der Waals surface area (Å²) in [7, 11) is 0. The summed E-state index contributed by atoms with van der Waals surface area (Å²) in [6, 6.07) is 18.9. The lowest BCUT2D eigenvalue weighted by molar-refractivity contribution is 0.887. The molecule has 2 heterocycles. The van der Waals surface area contributed by atoms with Crippen LogP contribution in [0.25, 0.3) is 11.3 Å². The van der Waals surface area contributed by atoms with Gasteiger partial charge in [-0.05, 0) is 37.2 Å². The number of thioether (sulfide) groups is 1. The normalized spacial score (nSPS) is 10.7. The Morgan fingerprint density at radius 1 is 1.03 bits per heavy atom. The summed E-state index contributed by atoms with van der Waals surface area (Å²) in [5.74, 6) is 0.765. The molecule has 7 heteroatoms. The summed E-state index contributed by atoms with van der Waals surface area (Å²) in [6.45, 7) is 4.12. The smallest absolute Gasteiger partial charge is 0.189 e. The number of aryl methyl sites for hydroxylation is 2. The van der Waals surface area contributed by atoms with Gasteiger partial charge in [-0.2, -0.15) is 5.26 Å². The summed E-state index contributed by atoms with van der Waals surface area (Å²) in [4.78, 5) is 13.8. The van der Waals surface area contributed by atoms with Gasteiger partial charge in [0, 0.05) is 22.9 Å². The van der Waals surface area contributed by atoms with Crippen molar-refractivity contribution in [1.29, 1.82) is 5.26 Å². The predicted octanol–water partition coefficient (Wildman–Crippen LogP) is 6.53. The van der Waals surface area contributed by atoms with Gasteiger partial charge in [0.1, 0.15) is 16.7 Å². The molecule has 0 spiro atoms. The third-order valence-corrected chi connectivity index (χ3v) is 7.13. The Balaban J connectivity index is 1.74. The second-order valence-electron chi connectivity index (χ2n) is 6.69. The molecular formula is C23H18N4S3. The third kappa shape index (κ3) is 4.90. The molecule has 0 N–H and O–H groups in total. The molecule has 0 unspecified atom stereocenters. The van der Waals surface area contributed by atoms with Gasteiger partial charge in [0.05, 0.1) is 5.69 Å². The minimum absolute atomic E-state index is 0.487. The van der Waals surface area contributed by atoms with Crippen molar-refractivity contribution in [1.82, 2.24) is 15.0 Å². The van der Waals surface area contributed by atoms with Crippen molar-refractivity contribution in [2.75, 3.05) is 0 Å². The first-order valence-electron chi connectivity index (χ1n) is 9.27. The molecule has 2 aromatic heterocycles. The lowest BCUT2D eigenvalue weighted by Crippen LogP contribution is -1.99. The molecule has 0 atom stereocenters. The Morgan fingerprint density at radius 2 is 1.87 bits per heavy atom. The zero-order chi connectivity index (χ0) is 20.9. The highest BCUT2D eigenvalue weighted by molar-refractivity contribution is 8.01. The van der Waals surface area contributed by atoms with E-state index in [9.17, 15) is 5.26 Å². The fourth-order valence-corrected chi connectivity index (χ4v) is 5.31. The maximum absolute atomic E-state index is 9.92. The van der Waals surface area contributed by atoms with Crippen LogP contribution in [0.3, 0.4) is 0 Å². The second-order valence-corrected chi connectivity index (χ2v) is 9.76. The first kappa shape index (κ1) is 20.6. The van der Waals surface area contributed by atoms with Crippen molar-refractivity contribution in [3.05, 3.63) is 82.4 Å². The number of aromatic nitrogens is 3. The van der Waals surface area contributed by atoms with Crippen molar-refractivity contribution in [3.63, 3.8) is 0 Å². The van der Waals surface area contributed by atoms with Crippen LogP contribution in [0.1, 0.15) is 22.3 Å². The first-order chi connectivity index (χ1) is 14.6. The molecule has 0 amide bonds. The number of benzene rings is 2. The van der Waals surface area contributed by atoms with Gasteiger partial charge in [0.2, 0.25) is 0 Å². The Hall–Kier alpha value is -2.66. The van der Waals surface area contributed by atoms with Crippen LogP contribution in [0.2, 0.25) is 0 Å². The van der Waals surface area contributed by atoms with Crippen LogP contribution < -0.4 is 0 Å². The van der Waals surface area contributed by atoms with E-state index in [4.69, 9.17) is 9.97 Å². The van der Waals surface area contributed by atoms with Crippen molar-refractivity contribution in [3.8, 4) is 17.3 Å². The van der Waals surface area contributed by atoms with E-state index in [0.717, 1.165) is 21.2 Å². The Morgan fingerprint density at radius 3 is 2.57 bits per heavy atom. The number of hydrogen-bond acceptors (Lipinski definition) is 7. The molecule has 0 aliphatic rings. The molecule has 0 radical (unpaired) electrons. The fraction of sp³-hybridized carbons (Fsp3) is 0.130. The minimum Gasteiger partial charge on any atom is -0.238 e. The van der Waals surface area contributed by atoms with E-state index in [1.165, 1.54) is 34.2 Å². The van der Waals surface area contributed by atoms with Gasteiger partial charge in [-0.1, -0.05) is 65.4 Å². The van der Waals surface area contributed by atoms with Crippen LogP contribution in [0, 0.1) is 25.2 Å². The van der Waals surface area contributed by atoms with Crippen LogP contribution in [0.4, 0.5) is 0 Å². The minimum atomic E-state index is 0.487. The van der Waals surface area contributed by atoms with Crippen LogP contribution in [0.15, 0.2) is 74.6 Å². The standard InChI is InChI=1S/C23H18N4S3/c1-15-6-8-17(9-7-15)14-29-22-26-20(18-5-3-4-16(2)12-18)19(13-24)21(27-22)30-23-25-10-11-28-23/h3-12H,14H2,1-2H3. The van der Waals surface area contributed by atoms with E-state index in [1.807, 2.05) is 30.5 Å². The fourth-order valence-electron chi connectivity index (χ4n) is 2.84. The first-order valence-corrected chi connectivity index (χ1v) is 12.0. The maximum Gasteiger partial charge on any atom is 0.189 e. The van der Waals surface area contributed by atoms with Crippen molar-refractivity contribution in [2.45, 2.75) is 34.1 Å². The molecule has 0 saturated heterocycles. The Labute approximate surface area is 188 Å². The third-order valence-electron chi connectivity index (χ3n) is 4.34. The van der Waals surface area contributed by atoms with Crippen LogP contribution in [-0.4, -0.2) is 15.0 Å². The second kappa shape index (κ2) is 9.43. The van der Waals surface area contributed by atoms with Gasteiger partial charge in [0.15, 0.2) is 9.50 Å². The topological polar surface area (TPSA) is 62.5 Å². The van der Waals surface area contributed by atoms with Gasteiger partial charge in [-0.15, -0.1) is 11.3 Å². The van der Waals surface area contributed by atoms with Crippen molar-refractivity contribution in [2.24, 2.45) is 0 Å². The monoisotopic (exact) mass is 446 g/mol. The molecule has 0 bridgehead atoms. The molecule has 2 aromatic carbocycles. The molecular weight excluding hydrogens is 428 g/mol. The van der Waals surface area contributed by atoms with Gasteiger partial charge >= 0.3 is 0 Å². The van der Waals surface area contributed by atoms with Crippen LogP contribution in [0.5, 0.6) is 0 Å². The zero-order valence-electron chi connectivity index (χ0n) is 16.5. The predicted molar refractivity (Wildman–Crippen MR) is 124 cm³/mol. The van der Waals surface area contributed by atoms with Gasteiger partial charge in [-0.3, -0.25) is 0 Å². The molecule has 0 fully saturated rings. The van der Waals surface area contributed by atoms with E-state index >= 15 is 0 Å². The van der Waals surface area contributed by atoms with Crippen molar-refractivity contribution >= 4 is 34.9 Å². The maximum atomic E-state index is 9.92. The van der Waals surface area contributed by atoms with Gasteiger partial charge in [0.25, 0.3) is 0 Å². The van der Waals surface area contributed by atoms with Crippen molar-refractivity contribution < 1.29 is 0 Å². The lowest BCUT2D eigenvalue weighted by Gasteiger charge is -2.11. The van der Waals surface area contributed by atoms with Crippen LogP contribution in [-0.2, 0) is 5.75 Å². The van der Waals surface area contributed by atoms with Crippen LogP contribution >= 0.6 is 34.9 Å². The quantitative estimate of drug-likeness (QED) is 0.191. The highest BCUT2D eigenvalue weighted by Crippen LogP contribution is 2.36. The van der Waals surface area contributed by atoms with E-state index in [2.05, 4.69) is 48.3 Å². The molecule has 4 rings (SSSR count). The summed E-state index contributed by atoms with van der Waals surface area (Å²) in [5, 5.41) is 13.1. The highest BCUT2D eigenvalue weighted by Gasteiger charge is 2.18. The number of nitriles is 1.